The third-order valence-corrected chi connectivity index (χ3v) is 4.71. The van der Waals surface area contributed by atoms with Gasteiger partial charge >= 0.3 is 5.69 Å². The van der Waals surface area contributed by atoms with Gasteiger partial charge in [-0.2, -0.15) is 0 Å². The highest BCUT2D eigenvalue weighted by atomic mass is 16.6. The molecule has 0 saturated carbocycles. The molecule has 0 spiro atoms. The van der Waals surface area contributed by atoms with Crippen LogP contribution in [0.4, 0.5) is 11.4 Å². The van der Waals surface area contributed by atoms with E-state index in [2.05, 4.69) is 9.80 Å². The summed E-state index contributed by atoms with van der Waals surface area (Å²) in [5.74, 6) is 0.898. The Morgan fingerprint density at radius 2 is 2.12 bits per heavy atom. The first-order valence-electron chi connectivity index (χ1n) is 8.64. The van der Waals surface area contributed by atoms with Crippen LogP contribution in [0.1, 0.15) is 13.3 Å². The van der Waals surface area contributed by atoms with Gasteiger partial charge in [0.05, 0.1) is 24.7 Å². The highest BCUT2D eigenvalue weighted by Crippen LogP contribution is 2.39. The molecule has 0 radical (unpaired) electrons. The molecular formula is C17H25N3O4. The summed E-state index contributed by atoms with van der Waals surface area (Å²) in [6.07, 6.45) is 1.06. The van der Waals surface area contributed by atoms with E-state index in [1.165, 1.54) is 0 Å². The third kappa shape index (κ3) is 3.79. The molecule has 2 heterocycles. The van der Waals surface area contributed by atoms with Crippen LogP contribution in [0.3, 0.4) is 0 Å². The topological polar surface area (TPSA) is 68.1 Å². The summed E-state index contributed by atoms with van der Waals surface area (Å²) in [5, 5.41) is 11.5. The van der Waals surface area contributed by atoms with Crippen molar-refractivity contribution in [3.8, 4) is 5.75 Å². The van der Waals surface area contributed by atoms with Crippen molar-refractivity contribution in [2.24, 2.45) is 5.92 Å². The lowest BCUT2D eigenvalue weighted by Gasteiger charge is -2.29. The Morgan fingerprint density at radius 1 is 1.33 bits per heavy atom. The number of ether oxygens (including phenoxy) is 2. The first-order chi connectivity index (χ1) is 11.7. The molecule has 132 valence electrons. The summed E-state index contributed by atoms with van der Waals surface area (Å²) in [4.78, 5) is 15.8. The Balaban J connectivity index is 1.70. The van der Waals surface area contributed by atoms with Gasteiger partial charge in [-0.3, -0.25) is 15.0 Å². The summed E-state index contributed by atoms with van der Waals surface area (Å²) < 4.78 is 10.8. The van der Waals surface area contributed by atoms with Crippen LogP contribution in [0.15, 0.2) is 18.2 Å². The van der Waals surface area contributed by atoms with E-state index in [9.17, 15) is 10.1 Å². The minimum atomic E-state index is -0.324. The molecule has 1 aromatic rings. The van der Waals surface area contributed by atoms with Gasteiger partial charge in [0.2, 0.25) is 0 Å². The number of para-hydroxylation sites is 1. The number of nitro benzene ring substituents is 1. The number of anilines is 1. The van der Waals surface area contributed by atoms with Crippen LogP contribution in [0.25, 0.3) is 0 Å². The van der Waals surface area contributed by atoms with Gasteiger partial charge in [-0.25, -0.2) is 0 Å². The minimum absolute atomic E-state index is 0.0892. The lowest BCUT2D eigenvalue weighted by molar-refractivity contribution is -0.385. The maximum Gasteiger partial charge on any atom is 0.333 e. The predicted molar refractivity (Wildman–Crippen MR) is 91.8 cm³/mol. The zero-order valence-corrected chi connectivity index (χ0v) is 14.1. The molecular weight excluding hydrogens is 310 g/mol. The van der Waals surface area contributed by atoms with Crippen molar-refractivity contribution in [3.05, 3.63) is 28.3 Å². The van der Waals surface area contributed by atoms with Crippen molar-refractivity contribution in [1.82, 2.24) is 4.90 Å². The monoisotopic (exact) mass is 335 g/mol. The van der Waals surface area contributed by atoms with Gasteiger partial charge in [-0.1, -0.05) is 6.07 Å². The smallest absolute Gasteiger partial charge is 0.333 e. The van der Waals surface area contributed by atoms with E-state index in [0.29, 0.717) is 24.0 Å². The Labute approximate surface area is 142 Å². The van der Waals surface area contributed by atoms with Crippen LogP contribution >= 0.6 is 0 Å². The lowest BCUT2D eigenvalue weighted by Crippen LogP contribution is -2.39. The molecule has 2 aliphatic heterocycles. The van der Waals surface area contributed by atoms with Gasteiger partial charge in [-0.15, -0.1) is 0 Å². The van der Waals surface area contributed by atoms with Crippen molar-refractivity contribution < 1.29 is 14.4 Å². The number of hydrogen-bond donors (Lipinski definition) is 0. The molecule has 1 aromatic carbocycles. The molecule has 1 atom stereocenters. The molecule has 2 aliphatic rings. The molecule has 2 fully saturated rings. The molecule has 0 N–H and O–H groups in total. The summed E-state index contributed by atoms with van der Waals surface area (Å²) in [5.41, 5.74) is 0.766. The molecule has 0 aliphatic carbocycles. The number of benzene rings is 1. The standard InChI is InChI=1S/C17H25N3O4/c1-2-24-16-5-3-4-15(17(16)20(21)22)19-7-6-14(13-19)12-18-8-10-23-11-9-18/h3-5,14H,2,6-13H2,1H3/t14-/m0/s1. The fourth-order valence-electron chi connectivity index (χ4n) is 3.57. The third-order valence-electron chi connectivity index (χ3n) is 4.71. The highest BCUT2D eigenvalue weighted by Gasteiger charge is 2.31. The summed E-state index contributed by atoms with van der Waals surface area (Å²) >= 11 is 0. The maximum absolute atomic E-state index is 11.5. The maximum atomic E-state index is 11.5. The van der Waals surface area contributed by atoms with E-state index in [-0.39, 0.29) is 10.6 Å². The fourth-order valence-corrected chi connectivity index (χ4v) is 3.57. The molecule has 0 unspecified atom stereocenters. The second kappa shape index (κ2) is 7.81. The molecule has 2 saturated heterocycles. The van der Waals surface area contributed by atoms with Gasteiger partial charge < -0.3 is 14.4 Å². The van der Waals surface area contributed by atoms with Gasteiger partial charge in [0.15, 0.2) is 5.75 Å². The SMILES string of the molecule is CCOc1cccc(N2CC[C@@H](CN3CCOCC3)C2)c1[N+](=O)[O-]. The van der Waals surface area contributed by atoms with E-state index in [1.807, 2.05) is 19.1 Å². The normalized spacial score (nSPS) is 21.9. The minimum Gasteiger partial charge on any atom is -0.487 e. The fraction of sp³-hybridized carbons (Fsp3) is 0.647. The molecule has 0 amide bonds. The van der Waals surface area contributed by atoms with Crippen LogP contribution in [-0.2, 0) is 4.74 Å². The molecule has 0 bridgehead atoms. The zero-order chi connectivity index (χ0) is 16.9. The summed E-state index contributed by atoms with van der Waals surface area (Å²) in [6, 6.07) is 5.34. The van der Waals surface area contributed by atoms with E-state index < -0.39 is 0 Å². The quantitative estimate of drug-likeness (QED) is 0.586. The van der Waals surface area contributed by atoms with Crippen LogP contribution in [0, 0.1) is 16.0 Å². The Hall–Kier alpha value is -1.86. The number of rotatable bonds is 6. The first-order valence-corrected chi connectivity index (χ1v) is 8.64. The van der Waals surface area contributed by atoms with E-state index >= 15 is 0 Å². The van der Waals surface area contributed by atoms with E-state index in [1.54, 1.807) is 6.07 Å². The van der Waals surface area contributed by atoms with Gasteiger partial charge in [-0.05, 0) is 31.4 Å². The summed E-state index contributed by atoms with van der Waals surface area (Å²) in [6.45, 7) is 8.58. The Kier molecular flexibility index (Phi) is 5.52. The predicted octanol–water partition coefficient (Wildman–Crippen LogP) is 2.15. The van der Waals surface area contributed by atoms with Crippen LogP contribution in [0.5, 0.6) is 5.75 Å². The van der Waals surface area contributed by atoms with Crippen LogP contribution in [0.2, 0.25) is 0 Å². The average molecular weight is 335 g/mol. The number of morpholine rings is 1. The van der Waals surface area contributed by atoms with Crippen molar-refractivity contribution in [2.75, 3.05) is 57.4 Å². The van der Waals surface area contributed by atoms with Crippen molar-refractivity contribution in [1.29, 1.82) is 0 Å². The molecule has 7 heteroatoms. The second-order valence-electron chi connectivity index (χ2n) is 6.33. The first kappa shape index (κ1) is 17.0. The largest absolute Gasteiger partial charge is 0.487 e. The molecule has 7 nitrogen and oxygen atoms in total. The van der Waals surface area contributed by atoms with E-state index in [0.717, 1.165) is 52.4 Å². The van der Waals surface area contributed by atoms with Gasteiger partial charge in [0.25, 0.3) is 0 Å². The number of hydrogen-bond acceptors (Lipinski definition) is 6. The number of nitrogens with zero attached hydrogens (tertiary/aromatic N) is 3. The molecule has 24 heavy (non-hydrogen) atoms. The van der Waals surface area contributed by atoms with Crippen LogP contribution < -0.4 is 9.64 Å². The van der Waals surface area contributed by atoms with Crippen molar-refractivity contribution in [3.63, 3.8) is 0 Å². The lowest BCUT2D eigenvalue weighted by atomic mass is 10.1. The van der Waals surface area contributed by atoms with Crippen molar-refractivity contribution >= 4 is 11.4 Å². The Bertz CT molecular complexity index is 575. The van der Waals surface area contributed by atoms with Gasteiger partial charge in [0, 0.05) is 32.7 Å². The average Bonchev–Trinajstić information content (AvgIpc) is 3.04. The second-order valence-corrected chi connectivity index (χ2v) is 6.33. The Morgan fingerprint density at radius 3 is 2.83 bits per heavy atom. The van der Waals surface area contributed by atoms with Gasteiger partial charge in [0.1, 0.15) is 5.69 Å². The number of nitro groups is 1. The van der Waals surface area contributed by atoms with Crippen molar-refractivity contribution in [2.45, 2.75) is 13.3 Å². The summed E-state index contributed by atoms with van der Waals surface area (Å²) in [7, 11) is 0. The molecule has 3 rings (SSSR count). The van der Waals surface area contributed by atoms with E-state index in [4.69, 9.17) is 9.47 Å². The van der Waals surface area contributed by atoms with Crippen LogP contribution in [-0.4, -0.2) is 62.4 Å². The highest BCUT2D eigenvalue weighted by molar-refractivity contribution is 5.70. The zero-order valence-electron chi connectivity index (χ0n) is 14.1. The molecule has 0 aromatic heterocycles.